The maximum atomic E-state index is 12.8. The number of sulfonamides is 2. The van der Waals surface area contributed by atoms with Crippen molar-refractivity contribution in [3.8, 4) is 0 Å². The van der Waals surface area contributed by atoms with Gasteiger partial charge >= 0.3 is 0 Å². The van der Waals surface area contributed by atoms with E-state index in [-0.39, 0.29) is 15.4 Å². The number of nitrogens with zero attached hydrogens (tertiary/aromatic N) is 1. The molecule has 2 aromatic carbocycles. The summed E-state index contributed by atoms with van der Waals surface area (Å²) in [7, 11) is -7.66. The molecule has 0 spiro atoms. The summed E-state index contributed by atoms with van der Waals surface area (Å²) in [6.07, 6.45) is 2.53. The number of hydrazine groups is 1. The minimum Gasteiger partial charge on any atom is -0.346 e. The summed E-state index contributed by atoms with van der Waals surface area (Å²) in [6.45, 7) is 3.34. The number of aryl methyl sites for hydroxylation is 2. The Morgan fingerprint density at radius 2 is 1.50 bits per heavy atom. The van der Waals surface area contributed by atoms with Gasteiger partial charge in [0, 0.05) is 18.7 Å². The van der Waals surface area contributed by atoms with Crippen LogP contribution in [0.25, 0.3) is 0 Å². The van der Waals surface area contributed by atoms with Gasteiger partial charge in [-0.15, -0.1) is 0 Å². The first-order valence-corrected chi connectivity index (χ1v) is 14.9. The van der Waals surface area contributed by atoms with E-state index in [1.54, 1.807) is 13.0 Å². The van der Waals surface area contributed by atoms with E-state index in [4.69, 9.17) is 0 Å². The van der Waals surface area contributed by atoms with Crippen LogP contribution in [0.5, 0.6) is 0 Å². The molecule has 4 N–H and O–H groups in total. The third kappa shape index (κ3) is 7.60. The van der Waals surface area contributed by atoms with Crippen molar-refractivity contribution in [2.75, 3.05) is 26.2 Å². The van der Waals surface area contributed by atoms with Crippen LogP contribution in [0.3, 0.4) is 0 Å². The highest BCUT2D eigenvalue weighted by Crippen LogP contribution is 2.21. The molecule has 1 fully saturated rings. The van der Waals surface area contributed by atoms with Crippen molar-refractivity contribution in [3.63, 3.8) is 0 Å². The molecule has 0 radical (unpaired) electrons. The van der Waals surface area contributed by atoms with Crippen molar-refractivity contribution in [1.82, 2.24) is 25.2 Å². The number of amides is 3. The Labute approximate surface area is 222 Å². The van der Waals surface area contributed by atoms with Crippen LogP contribution in [0, 0.1) is 13.8 Å². The van der Waals surface area contributed by atoms with Gasteiger partial charge in [-0.05, 0) is 68.1 Å². The molecule has 0 saturated carbocycles. The second kappa shape index (κ2) is 12.5. The molecule has 1 saturated heterocycles. The summed E-state index contributed by atoms with van der Waals surface area (Å²) in [5.41, 5.74) is 6.01. The van der Waals surface area contributed by atoms with Crippen molar-refractivity contribution >= 4 is 37.8 Å². The fourth-order valence-electron chi connectivity index (χ4n) is 3.66. The fourth-order valence-corrected chi connectivity index (χ4v) is 6.29. The maximum Gasteiger partial charge on any atom is 0.269 e. The summed E-state index contributed by atoms with van der Waals surface area (Å²) >= 11 is 0. The van der Waals surface area contributed by atoms with Crippen molar-refractivity contribution in [2.24, 2.45) is 0 Å². The van der Waals surface area contributed by atoms with E-state index < -0.39 is 50.9 Å². The number of piperidine rings is 1. The lowest BCUT2D eigenvalue weighted by molar-refractivity contribution is -0.125. The average Bonchev–Trinajstić information content (AvgIpc) is 2.91. The molecule has 3 amide bonds. The van der Waals surface area contributed by atoms with Gasteiger partial charge < -0.3 is 5.32 Å². The first kappa shape index (κ1) is 29.2. The number of nitrogens with one attached hydrogen (secondary N) is 4. The van der Waals surface area contributed by atoms with E-state index in [2.05, 4.69) is 20.9 Å². The first-order valence-electron chi connectivity index (χ1n) is 11.9. The molecule has 0 aliphatic carbocycles. The van der Waals surface area contributed by atoms with E-state index >= 15 is 0 Å². The molecular weight excluding hydrogens is 534 g/mol. The molecule has 12 nitrogen and oxygen atoms in total. The fraction of sp³-hybridized carbons (Fsp3) is 0.375. The second-order valence-electron chi connectivity index (χ2n) is 8.84. The molecule has 38 heavy (non-hydrogen) atoms. The molecule has 0 unspecified atom stereocenters. The van der Waals surface area contributed by atoms with Crippen LogP contribution in [0.1, 0.15) is 40.7 Å². The molecule has 2 aromatic rings. The molecule has 1 aliphatic rings. The van der Waals surface area contributed by atoms with Gasteiger partial charge in [0.25, 0.3) is 11.8 Å². The minimum absolute atomic E-state index is 0.0154. The minimum atomic E-state index is -3.92. The monoisotopic (exact) mass is 565 g/mol. The topological polar surface area (TPSA) is 171 Å². The Hall–Kier alpha value is -3.33. The van der Waals surface area contributed by atoms with E-state index in [0.29, 0.717) is 13.1 Å². The highest BCUT2D eigenvalue weighted by molar-refractivity contribution is 7.89. The van der Waals surface area contributed by atoms with Crippen LogP contribution in [0.15, 0.2) is 52.3 Å². The Morgan fingerprint density at radius 3 is 2.18 bits per heavy atom. The normalized spacial score (nSPS) is 14.5. The van der Waals surface area contributed by atoms with Gasteiger partial charge in [-0.1, -0.05) is 18.6 Å². The Balaban J connectivity index is 1.46. The molecule has 0 atom stereocenters. The van der Waals surface area contributed by atoms with Gasteiger partial charge in [0.15, 0.2) is 0 Å². The van der Waals surface area contributed by atoms with Crippen LogP contribution >= 0.6 is 0 Å². The van der Waals surface area contributed by atoms with Crippen molar-refractivity contribution in [1.29, 1.82) is 0 Å². The first-order chi connectivity index (χ1) is 17.9. The van der Waals surface area contributed by atoms with Crippen LogP contribution in [-0.4, -0.2) is 65.0 Å². The summed E-state index contributed by atoms with van der Waals surface area (Å²) in [5.74, 6) is -2.28. The van der Waals surface area contributed by atoms with Gasteiger partial charge in [0.1, 0.15) is 0 Å². The largest absolute Gasteiger partial charge is 0.346 e. The Kier molecular flexibility index (Phi) is 9.60. The molecule has 3 rings (SSSR count). The summed E-state index contributed by atoms with van der Waals surface area (Å²) < 4.78 is 54.0. The summed E-state index contributed by atoms with van der Waals surface area (Å²) in [6, 6.07) is 10.1. The smallest absolute Gasteiger partial charge is 0.269 e. The van der Waals surface area contributed by atoms with Gasteiger partial charge in [-0.2, -0.15) is 4.31 Å². The number of hydrogen-bond donors (Lipinski definition) is 4. The third-order valence-corrected chi connectivity index (χ3v) is 9.32. The van der Waals surface area contributed by atoms with E-state index in [1.165, 1.54) is 40.7 Å². The predicted molar refractivity (Wildman–Crippen MR) is 139 cm³/mol. The zero-order chi connectivity index (χ0) is 27.9. The maximum absolute atomic E-state index is 12.8. The molecule has 206 valence electrons. The van der Waals surface area contributed by atoms with Crippen LogP contribution in [-0.2, 0) is 29.6 Å². The molecule has 14 heteroatoms. The number of hydrogen-bond acceptors (Lipinski definition) is 7. The van der Waals surface area contributed by atoms with Crippen LogP contribution in [0.4, 0.5) is 0 Å². The van der Waals surface area contributed by atoms with E-state index in [9.17, 15) is 31.2 Å². The lowest BCUT2D eigenvalue weighted by Crippen LogP contribution is -2.47. The van der Waals surface area contributed by atoms with Crippen molar-refractivity contribution < 1.29 is 31.2 Å². The predicted octanol–water partition coefficient (Wildman–Crippen LogP) is 0.334. The van der Waals surface area contributed by atoms with Crippen LogP contribution in [0.2, 0.25) is 0 Å². The quantitative estimate of drug-likeness (QED) is 0.318. The van der Waals surface area contributed by atoms with Gasteiger partial charge in [0.05, 0.1) is 22.9 Å². The lowest BCUT2D eigenvalue weighted by atomic mass is 10.1. The Bertz CT molecular complexity index is 1420. The lowest BCUT2D eigenvalue weighted by Gasteiger charge is -2.26. The second-order valence-corrected chi connectivity index (χ2v) is 12.5. The van der Waals surface area contributed by atoms with Crippen molar-refractivity contribution in [2.45, 2.75) is 42.9 Å². The zero-order valence-corrected chi connectivity index (χ0v) is 22.7. The number of benzene rings is 2. The van der Waals surface area contributed by atoms with E-state index in [1.807, 2.05) is 6.92 Å². The zero-order valence-electron chi connectivity index (χ0n) is 21.1. The molecule has 0 bridgehead atoms. The van der Waals surface area contributed by atoms with Gasteiger partial charge in [0.2, 0.25) is 26.0 Å². The van der Waals surface area contributed by atoms with Gasteiger partial charge in [-0.3, -0.25) is 25.2 Å². The molecule has 0 aromatic heterocycles. The highest BCUT2D eigenvalue weighted by Gasteiger charge is 2.26. The third-order valence-electron chi connectivity index (χ3n) is 6.02. The molecular formula is C24H31N5O7S2. The summed E-state index contributed by atoms with van der Waals surface area (Å²) in [4.78, 5) is 36.5. The van der Waals surface area contributed by atoms with Gasteiger partial charge in [-0.25, -0.2) is 21.6 Å². The SMILES string of the molecule is Cc1ccc(S(=O)(=O)NCC(=O)NCC(=O)NNC(=O)c2cccc(S(=O)(=O)N3CCCCC3)c2)cc1C. The van der Waals surface area contributed by atoms with Crippen molar-refractivity contribution in [3.05, 3.63) is 59.2 Å². The number of carbonyl (C=O) groups is 3. The van der Waals surface area contributed by atoms with E-state index in [0.717, 1.165) is 30.4 Å². The number of rotatable bonds is 9. The molecule has 1 aliphatic heterocycles. The standard InChI is InChI=1S/C24H31N5O7S2/c1-17-9-10-20(13-18(17)2)37(33,34)26-16-22(30)25-15-23(31)27-28-24(32)19-7-6-8-21(14-19)38(35,36)29-11-4-3-5-12-29/h6-10,13-14,26H,3-5,11-12,15-16H2,1-2H3,(H,25,30)(H,27,31)(H,28,32). The Morgan fingerprint density at radius 1 is 0.789 bits per heavy atom. The average molecular weight is 566 g/mol. The highest BCUT2D eigenvalue weighted by atomic mass is 32.2. The van der Waals surface area contributed by atoms with Crippen LogP contribution < -0.4 is 20.9 Å². The molecule has 1 heterocycles. The number of carbonyl (C=O) groups excluding carboxylic acids is 3. The summed E-state index contributed by atoms with van der Waals surface area (Å²) in [5, 5.41) is 2.24.